The zero-order valence-electron chi connectivity index (χ0n) is 10.4. The topological polar surface area (TPSA) is 58.1 Å². The number of anilines is 1. The fraction of sp³-hybridized carbons (Fsp3) is 0.615. The monoisotopic (exact) mass is 246 g/mol. The highest BCUT2D eigenvalue weighted by atomic mass is 16.1. The van der Waals surface area contributed by atoms with Crippen LogP contribution in [0, 0.1) is 0 Å². The number of aromatic nitrogens is 2. The Morgan fingerprint density at radius 1 is 1.17 bits per heavy atom. The van der Waals surface area contributed by atoms with Gasteiger partial charge in [-0.25, -0.2) is 9.97 Å². The SMILES string of the molecule is O=C1CCCC2(CCN(c3ncccn3)CC2)N1. The fourth-order valence-electron chi connectivity index (χ4n) is 2.97. The summed E-state index contributed by atoms with van der Waals surface area (Å²) < 4.78 is 0. The first-order valence-corrected chi connectivity index (χ1v) is 6.60. The van der Waals surface area contributed by atoms with Crippen molar-refractivity contribution in [2.75, 3.05) is 18.0 Å². The van der Waals surface area contributed by atoms with Gasteiger partial charge in [0.05, 0.1) is 0 Å². The van der Waals surface area contributed by atoms with Gasteiger partial charge in [-0.3, -0.25) is 4.79 Å². The van der Waals surface area contributed by atoms with Gasteiger partial charge in [0, 0.05) is 37.4 Å². The Balaban J connectivity index is 1.66. The first-order valence-electron chi connectivity index (χ1n) is 6.60. The number of carbonyl (C=O) groups excluding carboxylic acids is 1. The lowest BCUT2D eigenvalue weighted by molar-refractivity contribution is -0.125. The molecule has 1 amide bonds. The van der Waals surface area contributed by atoms with Gasteiger partial charge < -0.3 is 10.2 Å². The molecule has 1 spiro atoms. The summed E-state index contributed by atoms with van der Waals surface area (Å²) in [6.45, 7) is 1.84. The Hall–Kier alpha value is -1.65. The van der Waals surface area contributed by atoms with E-state index in [1.807, 2.05) is 6.07 Å². The van der Waals surface area contributed by atoms with E-state index in [1.165, 1.54) is 0 Å². The van der Waals surface area contributed by atoms with E-state index in [-0.39, 0.29) is 11.4 Å². The third kappa shape index (κ3) is 2.17. The van der Waals surface area contributed by atoms with Crippen molar-refractivity contribution in [3.63, 3.8) is 0 Å². The number of nitrogens with zero attached hydrogens (tertiary/aromatic N) is 3. The van der Waals surface area contributed by atoms with Gasteiger partial charge >= 0.3 is 0 Å². The van der Waals surface area contributed by atoms with Gasteiger partial charge in [-0.2, -0.15) is 0 Å². The van der Waals surface area contributed by atoms with Gasteiger partial charge in [0.1, 0.15) is 0 Å². The molecule has 0 aliphatic carbocycles. The Labute approximate surface area is 107 Å². The number of nitrogens with one attached hydrogen (secondary N) is 1. The molecule has 3 heterocycles. The van der Waals surface area contributed by atoms with Crippen molar-refractivity contribution in [3.8, 4) is 0 Å². The van der Waals surface area contributed by atoms with Crippen LogP contribution in [0.25, 0.3) is 0 Å². The van der Waals surface area contributed by atoms with Crippen molar-refractivity contribution >= 4 is 11.9 Å². The number of hydrogen-bond acceptors (Lipinski definition) is 4. The molecule has 5 heteroatoms. The lowest BCUT2D eigenvalue weighted by Gasteiger charge is -2.44. The second-order valence-corrected chi connectivity index (χ2v) is 5.22. The fourth-order valence-corrected chi connectivity index (χ4v) is 2.97. The normalized spacial score (nSPS) is 22.9. The number of piperidine rings is 2. The predicted octanol–water partition coefficient (Wildman–Crippen LogP) is 1.12. The minimum atomic E-state index is 0.0423. The molecule has 2 aliphatic heterocycles. The van der Waals surface area contributed by atoms with Crippen LogP contribution in [0.4, 0.5) is 5.95 Å². The van der Waals surface area contributed by atoms with Crippen molar-refractivity contribution in [1.29, 1.82) is 0 Å². The molecule has 96 valence electrons. The zero-order chi connectivity index (χ0) is 12.4. The molecule has 0 unspecified atom stereocenters. The zero-order valence-corrected chi connectivity index (χ0v) is 10.4. The molecule has 1 aromatic rings. The molecule has 0 bridgehead atoms. The average Bonchev–Trinajstić information content (AvgIpc) is 2.40. The maximum absolute atomic E-state index is 11.5. The van der Waals surface area contributed by atoms with Crippen molar-refractivity contribution in [1.82, 2.24) is 15.3 Å². The van der Waals surface area contributed by atoms with Crippen LogP contribution in [0.3, 0.4) is 0 Å². The lowest BCUT2D eigenvalue weighted by atomic mass is 9.80. The van der Waals surface area contributed by atoms with E-state index in [1.54, 1.807) is 12.4 Å². The summed E-state index contributed by atoms with van der Waals surface area (Å²) in [4.78, 5) is 22.3. The smallest absolute Gasteiger partial charge is 0.225 e. The summed E-state index contributed by atoms with van der Waals surface area (Å²) in [6, 6.07) is 1.83. The van der Waals surface area contributed by atoms with Gasteiger partial charge in [-0.1, -0.05) is 0 Å². The van der Waals surface area contributed by atoms with Gasteiger partial charge in [0.25, 0.3) is 0 Å². The number of amides is 1. The summed E-state index contributed by atoms with van der Waals surface area (Å²) in [5.41, 5.74) is 0.0423. The van der Waals surface area contributed by atoms with E-state index in [4.69, 9.17) is 0 Å². The lowest BCUT2D eigenvalue weighted by Crippen LogP contribution is -2.57. The molecule has 3 rings (SSSR count). The highest BCUT2D eigenvalue weighted by Gasteiger charge is 2.38. The highest BCUT2D eigenvalue weighted by molar-refractivity contribution is 5.77. The maximum Gasteiger partial charge on any atom is 0.225 e. The maximum atomic E-state index is 11.5. The summed E-state index contributed by atoms with van der Waals surface area (Å²) in [6.07, 6.45) is 8.36. The standard InChI is InChI=1S/C13H18N4O/c18-11-3-1-4-13(16-11)5-9-17(10-6-13)12-14-7-2-8-15-12/h2,7-8H,1,3-6,9-10H2,(H,16,18). The van der Waals surface area contributed by atoms with E-state index in [0.717, 1.165) is 44.7 Å². The summed E-state index contributed by atoms with van der Waals surface area (Å²) in [5.74, 6) is 1.01. The van der Waals surface area contributed by atoms with Gasteiger partial charge in [-0.15, -0.1) is 0 Å². The Morgan fingerprint density at radius 2 is 1.89 bits per heavy atom. The molecule has 5 nitrogen and oxygen atoms in total. The van der Waals surface area contributed by atoms with Crippen molar-refractivity contribution in [2.45, 2.75) is 37.6 Å². The molecule has 0 aromatic carbocycles. The molecule has 1 aromatic heterocycles. The van der Waals surface area contributed by atoms with Crippen LogP contribution >= 0.6 is 0 Å². The summed E-state index contributed by atoms with van der Waals surface area (Å²) in [5, 5.41) is 3.20. The second-order valence-electron chi connectivity index (χ2n) is 5.22. The predicted molar refractivity (Wildman–Crippen MR) is 68.2 cm³/mol. The van der Waals surface area contributed by atoms with Gasteiger partial charge in [0.15, 0.2) is 0 Å². The Kier molecular flexibility index (Phi) is 2.89. The van der Waals surface area contributed by atoms with Crippen LogP contribution in [0.2, 0.25) is 0 Å². The molecular weight excluding hydrogens is 228 g/mol. The number of rotatable bonds is 1. The first kappa shape index (κ1) is 11.4. The number of hydrogen-bond donors (Lipinski definition) is 1. The van der Waals surface area contributed by atoms with E-state index < -0.39 is 0 Å². The van der Waals surface area contributed by atoms with Crippen LogP contribution in [0.5, 0.6) is 0 Å². The van der Waals surface area contributed by atoms with Crippen LogP contribution in [-0.4, -0.2) is 34.5 Å². The van der Waals surface area contributed by atoms with E-state index in [2.05, 4.69) is 20.2 Å². The van der Waals surface area contributed by atoms with Crippen LogP contribution in [0.1, 0.15) is 32.1 Å². The highest BCUT2D eigenvalue weighted by Crippen LogP contribution is 2.31. The summed E-state index contributed by atoms with van der Waals surface area (Å²) >= 11 is 0. The molecule has 2 aliphatic rings. The van der Waals surface area contributed by atoms with Crippen LogP contribution < -0.4 is 10.2 Å². The summed E-state index contributed by atoms with van der Waals surface area (Å²) in [7, 11) is 0. The minimum absolute atomic E-state index is 0.0423. The van der Waals surface area contributed by atoms with Crippen LogP contribution in [-0.2, 0) is 4.79 Å². The molecule has 0 saturated carbocycles. The molecular formula is C13H18N4O. The molecule has 0 atom stereocenters. The average molecular weight is 246 g/mol. The van der Waals surface area contributed by atoms with Gasteiger partial charge in [0.2, 0.25) is 11.9 Å². The molecule has 2 fully saturated rings. The van der Waals surface area contributed by atoms with Gasteiger partial charge in [-0.05, 0) is 31.7 Å². The quantitative estimate of drug-likeness (QED) is 0.806. The first-order chi connectivity index (χ1) is 8.77. The third-order valence-corrected chi connectivity index (χ3v) is 4.02. The van der Waals surface area contributed by atoms with Crippen molar-refractivity contribution in [3.05, 3.63) is 18.5 Å². The van der Waals surface area contributed by atoms with E-state index in [9.17, 15) is 4.79 Å². The Bertz CT molecular complexity index is 426. The largest absolute Gasteiger partial charge is 0.351 e. The van der Waals surface area contributed by atoms with E-state index >= 15 is 0 Å². The molecule has 18 heavy (non-hydrogen) atoms. The number of carbonyl (C=O) groups is 1. The van der Waals surface area contributed by atoms with Crippen molar-refractivity contribution < 1.29 is 4.79 Å². The second kappa shape index (κ2) is 4.55. The third-order valence-electron chi connectivity index (χ3n) is 4.02. The molecule has 1 N–H and O–H groups in total. The van der Waals surface area contributed by atoms with E-state index in [0.29, 0.717) is 6.42 Å². The molecule has 2 saturated heterocycles. The minimum Gasteiger partial charge on any atom is -0.351 e. The Morgan fingerprint density at radius 3 is 2.56 bits per heavy atom. The van der Waals surface area contributed by atoms with Crippen LogP contribution in [0.15, 0.2) is 18.5 Å². The van der Waals surface area contributed by atoms with Crippen molar-refractivity contribution in [2.24, 2.45) is 0 Å². The molecule has 0 radical (unpaired) electrons.